The lowest BCUT2D eigenvalue weighted by atomic mass is 10.1. The first-order valence-corrected chi connectivity index (χ1v) is 6.88. The summed E-state index contributed by atoms with van der Waals surface area (Å²) in [6, 6.07) is 12.1. The summed E-state index contributed by atoms with van der Waals surface area (Å²) in [4.78, 5) is 0. The molecule has 2 rings (SSSR count). The minimum Gasteiger partial charge on any atom is -0.497 e. The van der Waals surface area contributed by atoms with Crippen LogP contribution in [0.25, 0.3) is 0 Å². The topological polar surface area (TPSA) is 44.5 Å². The van der Waals surface area contributed by atoms with Gasteiger partial charge in [-0.1, -0.05) is 12.1 Å². The van der Waals surface area contributed by atoms with Crippen molar-refractivity contribution in [2.75, 3.05) is 7.11 Å². The van der Waals surface area contributed by atoms with E-state index in [1.165, 1.54) is 12.1 Å². The van der Waals surface area contributed by atoms with E-state index in [1.54, 1.807) is 13.2 Å². The third kappa shape index (κ3) is 4.46. The summed E-state index contributed by atoms with van der Waals surface area (Å²) < 4.78 is 24.2. The van der Waals surface area contributed by atoms with E-state index in [9.17, 15) is 4.39 Å². The van der Waals surface area contributed by atoms with E-state index in [0.29, 0.717) is 18.8 Å². The Bertz CT molecular complexity index is 582. The minimum atomic E-state index is -0.276. The molecule has 0 radical (unpaired) electrons. The molecule has 3 nitrogen and oxygen atoms in total. The molecule has 2 aromatic rings. The molecule has 0 saturated heterocycles. The largest absolute Gasteiger partial charge is 0.497 e. The van der Waals surface area contributed by atoms with Crippen LogP contribution in [-0.2, 0) is 13.0 Å². The third-order valence-electron chi connectivity index (χ3n) is 3.12. The summed E-state index contributed by atoms with van der Waals surface area (Å²) in [6.45, 7) is 2.31. The van der Waals surface area contributed by atoms with Gasteiger partial charge in [-0.2, -0.15) is 0 Å². The first kappa shape index (κ1) is 15.3. The van der Waals surface area contributed by atoms with Gasteiger partial charge in [-0.15, -0.1) is 0 Å². The first-order valence-electron chi connectivity index (χ1n) is 6.88. The van der Waals surface area contributed by atoms with Crippen molar-refractivity contribution in [3.63, 3.8) is 0 Å². The van der Waals surface area contributed by atoms with Gasteiger partial charge in [-0.3, -0.25) is 0 Å². The predicted molar refractivity (Wildman–Crippen MR) is 81.1 cm³/mol. The second kappa shape index (κ2) is 7.09. The van der Waals surface area contributed by atoms with E-state index in [-0.39, 0.29) is 11.9 Å². The molecule has 0 aliphatic rings. The second-order valence-electron chi connectivity index (χ2n) is 5.07. The quantitative estimate of drug-likeness (QED) is 0.887. The Kier molecular flexibility index (Phi) is 5.17. The van der Waals surface area contributed by atoms with Gasteiger partial charge < -0.3 is 15.2 Å². The standard InChI is InChI=1S/C17H20FNO2/c1-12(19)9-14-10-15(18)5-8-17(14)21-11-13-3-6-16(20-2)7-4-13/h3-8,10,12H,9,11,19H2,1-2H3. The van der Waals surface area contributed by atoms with Gasteiger partial charge in [0.15, 0.2) is 0 Å². The molecule has 0 heterocycles. The molecule has 112 valence electrons. The van der Waals surface area contributed by atoms with Crippen LogP contribution in [0.1, 0.15) is 18.1 Å². The van der Waals surface area contributed by atoms with E-state index in [1.807, 2.05) is 31.2 Å². The monoisotopic (exact) mass is 289 g/mol. The lowest BCUT2D eigenvalue weighted by Gasteiger charge is -2.13. The maximum atomic E-state index is 13.3. The van der Waals surface area contributed by atoms with Crippen LogP contribution in [0.5, 0.6) is 11.5 Å². The molecule has 0 bridgehead atoms. The fourth-order valence-corrected chi connectivity index (χ4v) is 2.08. The number of benzene rings is 2. The Morgan fingerprint density at radius 1 is 1.14 bits per heavy atom. The van der Waals surface area contributed by atoms with Gasteiger partial charge in [0.2, 0.25) is 0 Å². The molecular formula is C17H20FNO2. The highest BCUT2D eigenvalue weighted by molar-refractivity contribution is 5.35. The minimum absolute atomic E-state index is 0.0462. The summed E-state index contributed by atoms with van der Waals surface area (Å²) in [7, 11) is 1.63. The summed E-state index contributed by atoms with van der Waals surface area (Å²) in [5, 5.41) is 0. The van der Waals surface area contributed by atoms with Crippen molar-refractivity contribution in [3.8, 4) is 11.5 Å². The van der Waals surface area contributed by atoms with Crippen LogP contribution in [0.15, 0.2) is 42.5 Å². The Labute approximate surface area is 124 Å². The van der Waals surface area contributed by atoms with E-state index >= 15 is 0 Å². The van der Waals surface area contributed by atoms with Gasteiger partial charge in [-0.25, -0.2) is 4.39 Å². The zero-order valence-corrected chi connectivity index (χ0v) is 12.3. The number of nitrogens with two attached hydrogens (primary N) is 1. The van der Waals surface area contributed by atoms with Gasteiger partial charge in [0.25, 0.3) is 0 Å². The van der Waals surface area contributed by atoms with Crippen LogP contribution < -0.4 is 15.2 Å². The van der Waals surface area contributed by atoms with Crippen molar-refractivity contribution in [2.45, 2.75) is 26.0 Å². The predicted octanol–water partition coefficient (Wildman–Crippen LogP) is 3.30. The maximum absolute atomic E-state index is 13.3. The van der Waals surface area contributed by atoms with E-state index in [2.05, 4.69) is 0 Å². The molecule has 0 aliphatic heterocycles. The van der Waals surface area contributed by atoms with Crippen LogP contribution in [0.2, 0.25) is 0 Å². The van der Waals surface area contributed by atoms with E-state index in [4.69, 9.17) is 15.2 Å². The van der Waals surface area contributed by atoms with Gasteiger partial charge in [0.1, 0.15) is 23.9 Å². The summed E-state index contributed by atoms with van der Waals surface area (Å²) in [6.07, 6.45) is 0.579. The molecular weight excluding hydrogens is 269 g/mol. The Hall–Kier alpha value is -2.07. The number of methoxy groups -OCH3 is 1. The second-order valence-corrected chi connectivity index (χ2v) is 5.07. The fraction of sp³-hybridized carbons (Fsp3) is 0.294. The lowest BCUT2D eigenvalue weighted by Crippen LogP contribution is -2.18. The van der Waals surface area contributed by atoms with Gasteiger partial charge in [0.05, 0.1) is 7.11 Å². The van der Waals surface area contributed by atoms with Gasteiger partial charge in [0, 0.05) is 6.04 Å². The van der Waals surface area contributed by atoms with Crippen molar-refractivity contribution >= 4 is 0 Å². The Morgan fingerprint density at radius 3 is 2.48 bits per heavy atom. The fourth-order valence-electron chi connectivity index (χ4n) is 2.08. The zero-order valence-electron chi connectivity index (χ0n) is 12.3. The lowest BCUT2D eigenvalue weighted by molar-refractivity contribution is 0.301. The zero-order chi connectivity index (χ0) is 15.2. The SMILES string of the molecule is COc1ccc(COc2ccc(F)cc2CC(C)N)cc1. The molecule has 21 heavy (non-hydrogen) atoms. The highest BCUT2D eigenvalue weighted by Gasteiger charge is 2.08. The van der Waals surface area contributed by atoms with Gasteiger partial charge >= 0.3 is 0 Å². The highest BCUT2D eigenvalue weighted by atomic mass is 19.1. The molecule has 0 fully saturated rings. The molecule has 0 aromatic heterocycles. The molecule has 2 aromatic carbocycles. The van der Waals surface area contributed by atoms with Crippen molar-refractivity contribution in [3.05, 3.63) is 59.4 Å². The average molecular weight is 289 g/mol. The van der Waals surface area contributed by atoms with Crippen LogP contribution in [-0.4, -0.2) is 13.2 Å². The number of ether oxygens (including phenoxy) is 2. The molecule has 4 heteroatoms. The van der Waals surface area contributed by atoms with Crippen LogP contribution >= 0.6 is 0 Å². The Balaban J connectivity index is 2.07. The molecule has 1 atom stereocenters. The number of hydrogen-bond donors (Lipinski definition) is 1. The molecule has 0 aliphatic carbocycles. The number of rotatable bonds is 6. The highest BCUT2D eigenvalue weighted by Crippen LogP contribution is 2.22. The van der Waals surface area contributed by atoms with Gasteiger partial charge in [-0.05, 0) is 54.8 Å². The molecule has 0 spiro atoms. The van der Waals surface area contributed by atoms with Crippen LogP contribution in [0.4, 0.5) is 4.39 Å². The maximum Gasteiger partial charge on any atom is 0.123 e. The van der Waals surface area contributed by atoms with Crippen LogP contribution in [0.3, 0.4) is 0 Å². The normalized spacial score (nSPS) is 12.0. The Morgan fingerprint density at radius 2 is 1.86 bits per heavy atom. The first-order chi connectivity index (χ1) is 10.1. The summed E-state index contributed by atoms with van der Waals surface area (Å²) in [5.41, 5.74) is 7.60. The summed E-state index contributed by atoms with van der Waals surface area (Å²) >= 11 is 0. The molecule has 0 amide bonds. The smallest absolute Gasteiger partial charge is 0.123 e. The van der Waals surface area contributed by atoms with E-state index in [0.717, 1.165) is 16.9 Å². The van der Waals surface area contributed by atoms with Crippen LogP contribution in [0, 0.1) is 5.82 Å². The molecule has 0 saturated carbocycles. The summed E-state index contributed by atoms with van der Waals surface area (Å²) in [5.74, 6) is 1.20. The third-order valence-corrected chi connectivity index (χ3v) is 3.12. The van der Waals surface area contributed by atoms with Crippen molar-refractivity contribution in [1.29, 1.82) is 0 Å². The average Bonchev–Trinajstić information content (AvgIpc) is 2.46. The molecule has 1 unspecified atom stereocenters. The molecule has 2 N–H and O–H groups in total. The van der Waals surface area contributed by atoms with Crippen molar-refractivity contribution in [2.24, 2.45) is 5.73 Å². The number of halogens is 1. The van der Waals surface area contributed by atoms with Crippen molar-refractivity contribution in [1.82, 2.24) is 0 Å². The number of hydrogen-bond acceptors (Lipinski definition) is 3. The van der Waals surface area contributed by atoms with E-state index < -0.39 is 0 Å². The van der Waals surface area contributed by atoms with Crippen molar-refractivity contribution < 1.29 is 13.9 Å².